The van der Waals surface area contributed by atoms with Crippen molar-refractivity contribution in [3.05, 3.63) is 42.1 Å². The average molecular weight is 275 g/mol. The number of methoxy groups -OCH3 is 1. The van der Waals surface area contributed by atoms with Gasteiger partial charge in [0.15, 0.2) is 0 Å². The molecule has 0 fully saturated rings. The van der Waals surface area contributed by atoms with Gasteiger partial charge in [-0.3, -0.25) is 0 Å². The fourth-order valence-electron chi connectivity index (χ4n) is 2.00. The summed E-state index contributed by atoms with van der Waals surface area (Å²) in [5.74, 6) is -0.308. The van der Waals surface area contributed by atoms with Crippen LogP contribution < -0.4 is 5.32 Å². The minimum absolute atomic E-state index is 0.308. The maximum absolute atomic E-state index is 11.4. The van der Waals surface area contributed by atoms with Crippen molar-refractivity contribution < 1.29 is 9.53 Å². The molecule has 1 aromatic carbocycles. The molecule has 1 aromatic rings. The van der Waals surface area contributed by atoms with Gasteiger partial charge in [-0.25, -0.2) is 4.79 Å². The third-order valence-electron chi connectivity index (χ3n) is 3.12. The Hall–Kier alpha value is -1.77. The van der Waals surface area contributed by atoms with E-state index in [-0.39, 0.29) is 5.97 Å². The summed E-state index contributed by atoms with van der Waals surface area (Å²) in [6, 6.07) is 9.89. The van der Waals surface area contributed by atoms with Crippen molar-refractivity contribution in [2.75, 3.05) is 12.4 Å². The lowest BCUT2D eigenvalue weighted by Crippen LogP contribution is -2.05. The third-order valence-corrected chi connectivity index (χ3v) is 3.12. The van der Waals surface area contributed by atoms with Gasteiger partial charge in [-0.1, -0.05) is 50.8 Å². The van der Waals surface area contributed by atoms with Crippen LogP contribution in [-0.4, -0.2) is 13.1 Å². The number of hydrogen-bond acceptors (Lipinski definition) is 3. The first-order valence-electron chi connectivity index (χ1n) is 7.37. The van der Waals surface area contributed by atoms with E-state index in [1.165, 1.54) is 32.8 Å². The van der Waals surface area contributed by atoms with E-state index in [9.17, 15) is 4.79 Å². The highest BCUT2D eigenvalue weighted by atomic mass is 16.5. The number of nitrogens with one attached hydrogen (secondary N) is 1. The first-order chi connectivity index (χ1) is 9.76. The van der Waals surface area contributed by atoms with E-state index in [1.807, 2.05) is 30.3 Å². The molecule has 1 N–H and O–H groups in total. The van der Waals surface area contributed by atoms with Crippen LogP contribution in [0.1, 0.15) is 45.4 Å². The predicted molar refractivity (Wildman–Crippen MR) is 83.5 cm³/mol. The van der Waals surface area contributed by atoms with E-state index in [0.717, 1.165) is 24.2 Å². The largest absolute Gasteiger partial charge is 0.466 e. The van der Waals surface area contributed by atoms with E-state index < -0.39 is 0 Å². The molecule has 20 heavy (non-hydrogen) atoms. The lowest BCUT2D eigenvalue weighted by molar-refractivity contribution is -0.134. The topological polar surface area (TPSA) is 38.3 Å². The lowest BCUT2D eigenvalue weighted by atomic mass is 10.1. The van der Waals surface area contributed by atoms with Gasteiger partial charge < -0.3 is 10.1 Å². The molecule has 1 rings (SSSR count). The molecule has 0 radical (unpaired) electrons. The SMILES string of the molecule is CCCCCCC/C(=C/C(=O)OC)Nc1ccccc1. The van der Waals surface area contributed by atoms with Gasteiger partial charge >= 0.3 is 5.97 Å². The molecule has 0 heterocycles. The van der Waals surface area contributed by atoms with Crippen molar-refractivity contribution in [1.29, 1.82) is 0 Å². The number of hydrogen-bond donors (Lipinski definition) is 1. The second-order valence-electron chi connectivity index (χ2n) is 4.85. The highest BCUT2D eigenvalue weighted by Crippen LogP contribution is 2.15. The summed E-state index contributed by atoms with van der Waals surface area (Å²) in [5.41, 5.74) is 1.91. The van der Waals surface area contributed by atoms with Crippen LogP contribution in [0.3, 0.4) is 0 Å². The minimum atomic E-state index is -0.308. The number of ether oxygens (including phenoxy) is 1. The van der Waals surface area contributed by atoms with Crippen molar-refractivity contribution in [2.24, 2.45) is 0 Å². The molecule has 0 aromatic heterocycles. The van der Waals surface area contributed by atoms with Crippen molar-refractivity contribution in [2.45, 2.75) is 45.4 Å². The smallest absolute Gasteiger partial charge is 0.332 e. The number of benzene rings is 1. The molecule has 0 saturated carbocycles. The van der Waals surface area contributed by atoms with Crippen LogP contribution in [0.5, 0.6) is 0 Å². The molecule has 110 valence electrons. The molecule has 3 nitrogen and oxygen atoms in total. The number of unbranched alkanes of at least 4 members (excludes halogenated alkanes) is 4. The number of allylic oxidation sites excluding steroid dienone is 1. The minimum Gasteiger partial charge on any atom is -0.466 e. The highest BCUT2D eigenvalue weighted by Gasteiger charge is 2.03. The Bertz CT molecular complexity index is 412. The van der Waals surface area contributed by atoms with Gasteiger partial charge in [0, 0.05) is 17.5 Å². The number of carbonyl (C=O) groups excluding carboxylic acids is 1. The summed E-state index contributed by atoms with van der Waals surface area (Å²) in [7, 11) is 1.40. The third kappa shape index (κ3) is 6.98. The zero-order chi connectivity index (χ0) is 14.6. The van der Waals surface area contributed by atoms with E-state index in [1.54, 1.807) is 6.08 Å². The predicted octanol–water partition coefficient (Wildman–Crippen LogP) is 4.52. The number of carbonyl (C=O) groups is 1. The highest BCUT2D eigenvalue weighted by molar-refractivity contribution is 5.83. The fourth-order valence-corrected chi connectivity index (χ4v) is 2.00. The summed E-state index contributed by atoms with van der Waals surface area (Å²) >= 11 is 0. The van der Waals surface area contributed by atoms with Crippen LogP contribution in [0.15, 0.2) is 42.1 Å². The molecule has 0 spiro atoms. The normalized spacial score (nSPS) is 11.2. The van der Waals surface area contributed by atoms with Gasteiger partial charge in [-0.05, 0) is 25.0 Å². The molecular weight excluding hydrogens is 250 g/mol. The Morgan fingerprint density at radius 3 is 2.50 bits per heavy atom. The number of anilines is 1. The van der Waals surface area contributed by atoms with E-state index >= 15 is 0 Å². The molecule has 0 bridgehead atoms. The Morgan fingerprint density at radius 2 is 1.85 bits per heavy atom. The van der Waals surface area contributed by atoms with E-state index in [4.69, 9.17) is 4.74 Å². The number of para-hydroxylation sites is 1. The van der Waals surface area contributed by atoms with Crippen LogP contribution in [0.25, 0.3) is 0 Å². The quantitative estimate of drug-likeness (QED) is 0.409. The zero-order valence-corrected chi connectivity index (χ0v) is 12.5. The zero-order valence-electron chi connectivity index (χ0n) is 12.5. The average Bonchev–Trinajstić information content (AvgIpc) is 2.47. The Morgan fingerprint density at radius 1 is 1.15 bits per heavy atom. The molecule has 3 heteroatoms. The molecule has 0 unspecified atom stereocenters. The summed E-state index contributed by atoms with van der Waals surface area (Å²) in [6.45, 7) is 2.21. The van der Waals surface area contributed by atoms with Crippen LogP contribution in [0, 0.1) is 0 Å². The van der Waals surface area contributed by atoms with Gasteiger partial charge in [0.2, 0.25) is 0 Å². The monoisotopic (exact) mass is 275 g/mol. The second-order valence-corrected chi connectivity index (χ2v) is 4.85. The van der Waals surface area contributed by atoms with Crippen molar-refractivity contribution >= 4 is 11.7 Å². The number of rotatable bonds is 9. The van der Waals surface area contributed by atoms with Crippen LogP contribution in [-0.2, 0) is 9.53 Å². The van der Waals surface area contributed by atoms with Gasteiger partial charge in [-0.15, -0.1) is 0 Å². The molecular formula is C17H25NO2. The summed E-state index contributed by atoms with van der Waals surface area (Å²) in [6.07, 6.45) is 8.48. The first kappa shape index (κ1) is 16.3. The maximum atomic E-state index is 11.4. The van der Waals surface area contributed by atoms with E-state index in [0.29, 0.717) is 0 Å². The molecule has 0 saturated heterocycles. The van der Waals surface area contributed by atoms with Gasteiger partial charge in [0.05, 0.1) is 7.11 Å². The van der Waals surface area contributed by atoms with Gasteiger partial charge in [-0.2, -0.15) is 0 Å². The molecule has 0 atom stereocenters. The van der Waals surface area contributed by atoms with Gasteiger partial charge in [0.25, 0.3) is 0 Å². The summed E-state index contributed by atoms with van der Waals surface area (Å²) < 4.78 is 4.71. The maximum Gasteiger partial charge on any atom is 0.332 e. The molecule has 0 aliphatic heterocycles. The number of esters is 1. The van der Waals surface area contributed by atoms with Crippen molar-refractivity contribution in [1.82, 2.24) is 0 Å². The first-order valence-corrected chi connectivity index (χ1v) is 7.37. The lowest BCUT2D eigenvalue weighted by Gasteiger charge is -2.11. The van der Waals surface area contributed by atoms with Crippen LogP contribution in [0.2, 0.25) is 0 Å². The van der Waals surface area contributed by atoms with Gasteiger partial charge in [0.1, 0.15) is 0 Å². The van der Waals surface area contributed by atoms with Crippen LogP contribution >= 0.6 is 0 Å². The Balaban J connectivity index is 2.52. The van der Waals surface area contributed by atoms with Crippen molar-refractivity contribution in [3.8, 4) is 0 Å². The molecule has 0 amide bonds. The fraction of sp³-hybridized carbons (Fsp3) is 0.471. The molecule has 0 aliphatic carbocycles. The van der Waals surface area contributed by atoms with Crippen LogP contribution in [0.4, 0.5) is 5.69 Å². The summed E-state index contributed by atoms with van der Waals surface area (Å²) in [4.78, 5) is 11.4. The Labute approximate surface area is 122 Å². The van der Waals surface area contributed by atoms with E-state index in [2.05, 4.69) is 12.2 Å². The molecule has 0 aliphatic rings. The summed E-state index contributed by atoms with van der Waals surface area (Å²) in [5, 5.41) is 3.30. The second kappa shape index (κ2) is 10.1. The van der Waals surface area contributed by atoms with Crippen molar-refractivity contribution in [3.63, 3.8) is 0 Å². The Kier molecular flexibility index (Phi) is 8.20. The standard InChI is InChI=1S/C17H25NO2/c1-3-4-5-6-8-13-16(14-17(19)20-2)18-15-11-9-7-10-12-15/h7,9-12,14,18H,3-6,8,13H2,1-2H3/b16-14-.